The maximum absolute atomic E-state index is 12.6. The Morgan fingerprint density at radius 3 is 2.13 bits per heavy atom. The minimum absolute atomic E-state index is 0.0847. The van der Waals surface area contributed by atoms with E-state index in [-0.39, 0.29) is 41.0 Å². The Labute approximate surface area is 275 Å². The van der Waals surface area contributed by atoms with Crippen LogP contribution in [0.5, 0.6) is 0 Å². The third-order valence-electron chi connectivity index (χ3n) is 14.0. The van der Waals surface area contributed by atoms with Crippen LogP contribution in [-0.4, -0.2) is 59.3 Å². The molecule has 4 aliphatic carbocycles. The molecule has 0 bridgehead atoms. The van der Waals surface area contributed by atoms with Crippen LogP contribution in [0.15, 0.2) is 0 Å². The standard InChI is InChI=1S/C38H70N2O5/c1-26(14-17-35(44)45-20-12-10-8-6-4-5-7-9-11-13-27(24-39)25-40)30-15-16-31-36-32(23-34(43)38(30,31)3)37(2)19-18-29(41)21-28(37)22-33(36)42/h26-34,36,41-43H,4-25,39-40H2,1-3H3/t26-,28+,29-,30-,31+,32+,33-,34+,36+,37+,38-/m1/s1. The van der Waals surface area contributed by atoms with E-state index < -0.39 is 0 Å². The number of fused-ring (bicyclic) bond motifs is 5. The molecular formula is C38H70N2O5. The van der Waals surface area contributed by atoms with Gasteiger partial charge in [0.1, 0.15) is 0 Å². The Morgan fingerprint density at radius 1 is 0.822 bits per heavy atom. The van der Waals surface area contributed by atoms with E-state index in [1.807, 2.05) is 0 Å². The van der Waals surface area contributed by atoms with Crippen molar-refractivity contribution in [1.29, 1.82) is 0 Å². The van der Waals surface area contributed by atoms with E-state index in [1.165, 1.54) is 44.9 Å². The van der Waals surface area contributed by atoms with Crippen molar-refractivity contribution >= 4 is 5.97 Å². The molecule has 11 atom stereocenters. The summed E-state index contributed by atoms with van der Waals surface area (Å²) in [7, 11) is 0. The predicted octanol–water partition coefficient (Wildman–Crippen LogP) is 6.34. The van der Waals surface area contributed by atoms with E-state index in [0.717, 1.165) is 70.6 Å². The third kappa shape index (κ3) is 8.66. The minimum atomic E-state index is -0.384. The lowest BCUT2D eigenvalue weighted by molar-refractivity contribution is -0.207. The zero-order chi connectivity index (χ0) is 32.6. The first kappa shape index (κ1) is 37.1. The molecule has 7 N–H and O–H groups in total. The summed E-state index contributed by atoms with van der Waals surface area (Å²) in [6.07, 6.45) is 18.6. The van der Waals surface area contributed by atoms with Crippen LogP contribution in [0, 0.1) is 52.3 Å². The van der Waals surface area contributed by atoms with Crippen molar-refractivity contribution < 1.29 is 24.9 Å². The van der Waals surface area contributed by atoms with Crippen LogP contribution in [0.3, 0.4) is 0 Å². The molecule has 45 heavy (non-hydrogen) atoms. The number of esters is 1. The van der Waals surface area contributed by atoms with Crippen LogP contribution < -0.4 is 11.5 Å². The number of aliphatic hydroxyl groups excluding tert-OH is 3. The lowest BCUT2D eigenvalue weighted by Gasteiger charge is -2.63. The fraction of sp³-hybridized carbons (Fsp3) is 0.974. The monoisotopic (exact) mass is 635 g/mol. The number of hydrogen-bond donors (Lipinski definition) is 5. The molecule has 0 amide bonds. The van der Waals surface area contributed by atoms with Crippen molar-refractivity contribution in [3.63, 3.8) is 0 Å². The summed E-state index contributed by atoms with van der Waals surface area (Å²) in [6, 6.07) is 0. The number of nitrogens with two attached hydrogens (primary N) is 2. The van der Waals surface area contributed by atoms with Gasteiger partial charge in [0.15, 0.2) is 0 Å². The number of unbranched alkanes of at least 4 members (excludes halogenated alkanes) is 8. The normalized spacial score (nSPS) is 38.4. The molecule has 0 aromatic carbocycles. The second-order valence-corrected chi connectivity index (χ2v) is 16.6. The van der Waals surface area contributed by atoms with Crippen molar-refractivity contribution in [3.8, 4) is 0 Å². The molecule has 0 aliphatic heterocycles. The van der Waals surface area contributed by atoms with E-state index >= 15 is 0 Å². The molecule has 0 saturated heterocycles. The SMILES string of the molecule is C[C@H](CCC(=O)OCCCCCCCCCCCC(CN)CN)[C@H]1CC[C@H]2[C@@H]3[C@H](O)C[C@@H]4C[C@H](O)CC[C@]4(C)[C@H]3C[C@H](O)[C@]12C. The van der Waals surface area contributed by atoms with Crippen LogP contribution in [0.1, 0.15) is 143 Å². The summed E-state index contributed by atoms with van der Waals surface area (Å²) in [5.41, 5.74) is 11.3. The molecule has 262 valence electrons. The highest BCUT2D eigenvalue weighted by Crippen LogP contribution is 2.68. The van der Waals surface area contributed by atoms with Crippen LogP contribution in [0.2, 0.25) is 0 Å². The number of aliphatic hydroxyl groups is 3. The van der Waals surface area contributed by atoms with Gasteiger partial charge >= 0.3 is 5.97 Å². The topological polar surface area (TPSA) is 139 Å². The van der Waals surface area contributed by atoms with Gasteiger partial charge in [0.05, 0.1) is 24.9 Å². The third-order valence-corrected chi connectivity index (χ3v) is 14.0. The molecule has 4 saturated carbocycles. The number of carbonyl (C=O) groups excluding carboxylic acids is 1. The van der Waals surface area contributed by atoms with Gasteiger partial charge in [-0.1, -0.05) is 72.1 Å². The van der Waals surface area contributed by atoms with Gasteiger partial charge in [-0.05, 0) is 130 Å². The first-order valence-electron chi connectivity index (χ1n) is 19.2. The predicted molar refractivity (Wildman–Crippen MR) is 181 cm³/mol. The van der Waals surface area contributed by atoms with Crippen molar-refractivity contribution in [2.75, 3.05) is 19.7 Å². The number of ether oxygens (including phenoxy) is 1. The second kappa shape index (κ2) is 17.1. The summed E-state index contributed by atoms with van der Waals surface area (Å²) < 4.78 is 5.61. The highest BCUT2D eigenvalue weighted by molar-refractivity contribution is 5.69. The van der Waals surface area contributed by atoms with E-state index in [0.29, 0.717) is 61.6 Å². The Morgan fingerprint density at radius 2 is 1.47 bits per heavy atom. The van der Waals surface area contributed by atoms with Crippen molar-refractivity contribution in [2.24, 2.45) is 63.7 Å². The smallest absolute Gasteiger partial charge is 0.305 e. The van der Waals surface area contributed by atoms with Gasteiger partial charge in [-0.25, -0.2) is 0 Å². The lowest BCUT2D eigenvalue weighted by atomic mass is 9.43. The fourth-order valence-electron chi connectivity index (χ4n) is 11.0. The molecule has 0 heterocycles. The molecule has 0 unspecified atom stereocenters. The summed E-state index contributed by atoms with van der Waals surface area (Å²) in [5.74, 6) is 2.29. The summed E-state index contributed by atoms with van der Waals surface area (Å²) in [6.45, 7) is 8.87. The van der Waals surface area contributed by atoms with Gasteiger partial charge in [-0.2, -0.15) is 0 Å². The minimum Gasteiger partial charge on any atom is -0.466 e. The fourth-order valence-corrected chi connectivity index (χ4v) is 11.0. The molecule has 4 rings (SSSR count). The Kier molecular flexibility index (Phi) is 14.1. The highest BCUT2D eigenvalue weighted by Gasteiger charge is 2.65. The van der Waals surface area contributed by atoms with E-state index in [1.54, 1.807) is 0 Å². The summed E-state index contributed by atoms with van der Waals surface area (Å²) >= 11 is 0. The van der Waals surface area contributed by atoms with Crippen molar-refractivity contribution in [3.05, 3.63) is 0 Å². The van der Waals surface area contributed by atoms with Gasteiger partial charge in [0.25, 0.3) is 0 Å². The zero-order valence-corrected chi connectivity index (χ0v) is 29.1. The molecule has 7 heteroatoms. The van der Waals surface area contributed by atoms with Crippen molar-refractivity contribution in [1.82, 2.24) is 0 Å². The average molecular weight is 635 g/mol. The average Bonchev–Trinajstić information content (AvgIpc) is 3.38. The molecule has 0 spiro atoms. The number of carbonyl (C=O) groups is 1. The van der Waals surface area contributed by atoms with Gasteiger partial charge in [-0.15, -0.1) is 0 Å². The maximum Gasteiger partial charge on any atom is 0.305 e. The van der Waals surface area contributed by atoms with Gasteiger partial charge in [0.2, 0.25) is 0 Å². The Hall–Kier alpha value is -0.730. The van der Waals surface area contributed by atoms with Crippen LogP contribution in [0.4, 0.5) is 0 Å². The molecule has 4 fully saturated rings. The second-order valence-electron chi connectivity index (χ2n) is 16.6. The van der Waals surface area contributed by atoms with E-state index in [4.69, 9.17) is 16.2 Å². The maximum atomic E-state index is 12.6. The molecule has 0 aromatic rings. The lowest BCUT2D eigenvalue weighted by Crippen LogP contribution is -2.62. The quantitative estimate of drug-likeness (QED) is 0.0876. The summed E-state index contributed by atoms with van der Waals surface area (Å²) in [5, 5.41) is 33.6. The van der Waals surface area contributed by atoms with Crippen molar-refractivity contribution in [2.45, 2.75) is 161 Å². The molecular weight excluding hydrogens is 564 g/mol. The van der Waals surface area contributed by atoms with Crippen LogP contribution in [-0.2, 0) is 9.53 Å². The largest absolute Gasteiger partial charge is 0.466 e. The highest BCUT2D eigenvalue weighted by atomic mass is 16.5. The van der Waals surface area contributed by atoms with Crippen LogP contribution in [0.25, 0.3) is 0 Å². The van der Waals surface area contributed by atoms with E-state index in [9.17, 15) is 20.1 Å². The summed E-state index contributed by atoms with van der Waals surface area (Å²) in [4.78, 5) is 12.6. The van der Waals surface area contributed by atoms with E-state index in [2.05, 4.69) is 20.8 Å². The zero-order valence-electron chi connectivity index (χ0n) is 29.1. The van der Waals surface area contributed by atoms with Crippen LogP contribution >= 0.6 is 0 Å². The Balaban J connectivity index is 1.12. The Bertz CT molecular complexity index is 899. The molecule has 0 radical (unpaired) electrons. The number of rotatable bonds is 18. The van der Waals surface area contributed by atoms with Gasteiger partial charge < -0.3 is 31.5 Å². The first-order valence-corrected chi connectivity index (χ1v) is 19.2. The van der Waals surface area contributed by atoms with Gasteiger partial charge in [0, 0.05) is 6.42 Å². The first-order chi connectivity index (χ1) is 21.6. The molecule has 4 aliphatic rings. The molecule has 0 aromatic heterocycles. The van der Waals surface area contributed by atoms with Gasteiger partial charge in [-0.3, -0.25) is 4.79 Å². The number of hydrogen-bond acceptors (Lipinski definition) is 7. The molecule has 7 nitrogen and oxygen atoms in total.